The summed E-state index contributed by atoms with van der Waals surface area (Å²) in [6, 6.07) is 55.6. The molecule has 20 heteroatoms. The number of hydroxylamine groups is 2. The van der Waals surface area contributed by atoms with E-state index in [1.165, 1.54) is 24.7 Å². The lowest BCUT2D eigenvalue weighted by Gasteiger charge is -2.37. The summed E-state index contributed by atoms with van der Waals surface area (Å²) >= 11 is 0. The van der Waals surface area contributed by atoms with Gasteiger partial charge >= 0.3 is 6.09 Å². The van der Waals surface area contributed by atoms with Crippen molar-refractivity contribution in [3.05, 3.63) is 249 Å². The minimum absolute atomic E-state index is 0. The predicted molar refractivity (Wildman–Crippen MR) is 354 cm³/mol. The number of hydrogen-bond acceptors (Lipinski definition) is 13. The fourth-order valence-electron chi connectivity index (χ4n) is 8.41. The quantitative estimate of drug-likeness (QED) is 0.0131. The SMILES string of the molecule is C.C#Cc1ccc(C(=O)NCCNC(c2ccccc2)(c2ccccc2)c2ccccc2)cc1.C#Cc1ccc(C(=O)N[C@@H](CNC(=O)OC(C)(C)C)C(=O)NOC)cc1.NCCNC(=O)c1ccc(C#CC#Cc2ccc(C(=O)N[C@@H](CN)C(=O)NO)cc2)cc1. The molecule has 7 aromatic carbocycles. The first-order valence-electron chi connectivity index (χ1n) is 28.5. The zero-order valence-electron chi connectivity index (χ0n) is 50.7. The molecular formula is C72H76N10O10. The second kappa shape index (κ2) is 38.2. The molecule has 0 aliphatic heterocycles. The molecule has 0 aliphatic carbocycles. The molecule has 20 nitrogen and oxygen atoms in total. The smallest absolute Gasteiger partial charge is 0.407 e. The molecule has 7 amide bonds. The lowest BCUT2D eigenvalue weighted by molar-refractivity contribution is -0.133. The van der Waals surface area contributed by atoms with Gasteiger partial charge in [-0.05, 0) is 146 Å². The standard InChI is InChI=1S/C30H26N2O.C23H23N5O4.C18H23N3O5.CH4/c1-2-24-18-20-25(21-19-24)29(33)31-22-23-32-30(26-12-6-3-7-13-26,27-14-8-4-9-15-27)28-16-10-5-11-17-28;24-13-14-26-21(29)18-9-5-16(6-10-18)3-1-2-4-17-7-11-19(12-8-17)22(30)27-20(15-25)23(31)28-32;1-6-12-7-9-13(10-8-12)15(22)20-14(16(23)21-25-5)11-19-17(24)26-18(2,3)4;/h1,3-21,32H,22-23H2,(H,31,33);5-12,20,32H,13-15,24-25H2,(H,26,29)(H,27,30)(H,28,31);1,7-10,14H,11H2,2-5H3,(H,19,24)(H,20,22)(H,21,23);1H4/t;20-;14-;/m.00./s1. The van der Waals surface area contributed by atoms with Gasteiger partial charge in [0, 0.05) is 77.2 Å². The summed E-state index contributed by atoms with van der Waals surface area (Å²) in [5.74, 6) is 13.5. The summed E-state index contributed by atoms with van der Waals surface area (Å²) < 4.78 is 5.10. The second-order valence-corrected chi connectivity index (χ2v) is 20.5. The van der Waals surface area contributed by atoms with Crippen LogP contribution in [0.25, 0.3) is 0 Å². The maximum Gasteiger partial charge on any atom is 0.407 e. The van der Waals surface area contributed by atoms with Crippen LogP contribution in [-0.2, 0) is 24.7 Å². The van der Waals surface area contributed by atoms with Crippen LogP contribution in [0.15, 0.2) is 188 Å². The predicted octanol–water partition coefficient (Wildman–Crippen LogP) is 5.92. The van der Waals surface area contributed by atoms with Crippen molar-refractivity contribution in [1.29, 1.82) is 0 Å². The lowest BCUT2D eigenvalue weighted by Crippen LogP contribution is -2.52. The molecule has 0 saturated carbocycles. The van der Waals surface area contributed by atoms with Crippen LogP contribution in [-0.4, -0.2) is 111 Å². The molecule has 92 heavy (non-hydrogen) atoms. The minimum atomic E-state index is -1.07. The normalized spacial score (nSPS) is 10.8. The van der Waals surface area contributed by atoms with Crippen molar-refractivity contribution in [1.82, 2.24) is 42.9 Å². The Morgan fingerprint density at radius 2 is 0.880 bits per heavy atom. The fraction of sp³-hybridized carbons (Fsp3) is 0.208. The summed E-state index contributed by atoms with van der Waals surface area (Å²) in [6.45, 7) is 6.63. The van der Waals surface area contributed by atoms with E-state index in [9.17, 15) is 33.6 Å². The van der Waals surface area contributed by atoms with Gasteiger partial charge in [-0.25, -0.2) is 15.8 Å². The van der Waals surface area contributed by atoms with Crippen molar-refractivity contribution in [2.45, 2.75) is 51.4 Å². The number of alkyl carbamates (subject to hydrolysis) is 1. The molecule has 0 radical (unpaired) electrons. The molecule has 13 N–H and O–H groups in total. The topological polar surface area (TPSA) is 306 Å². The highest BCUT2D eigenvalue weighted by Gasteiger charge is 2.35. The Bertz CT molecular complexity index is 3660. The summed E-state index contributed by atoms with van der Waals surface area (Å²) in [4.78, 5) is 88.6. The summed E-state index contributed by atoms with van der Waals surface area (Å²) in [7, 11) is 1.26. The minimum Gasteiger partial charge on any atom is -0.444 e. The van der Waals surface area contributed by atoms with E-state index in [2.05, 4.69) is 151 Å². The molecule has 0 heterocycles. The van der Waals surface area contributed by atoms with Crippen LogP contribution in [0.4, 0.5) is 4.79 Å². The van der Waals surface area contributed by atoms with Gasteiger partial charge in [0.2, 0.25) is 0 Å². The monoisotopic (exact) mass is 1240 g/mol. The van der Waals surface area contributed by atoms with E-state index in [-0.39, 0.29) is 32.3 Å². The number of nitrogens with one attached hydrogen (secondary N) is 8. The molecule has 7 rings (SSSR count). The van der Waals surface area contributed by atoms with Crippen molar-refractivity contribution in [2.24, 2.45) is 11.5 Å². The molecular weight excluding hydrogens is 1160 g/mol. The van der Waals surface area contributed by atoms with Crippen molar-refractivity contribution in [3.8, 4) is 48.4 Å². The highest BCUT2D eigenvalue weighted by Crippen LogP contribution is 2.36. The number of carbonyl (C=O) groups is 7. The van der Waals surface area contributed by atoms with Crippen molar-refractivity contribution >= 4 is 41.5 Å². The van der Waals surface area contributed by atoms with Gasteiger partial charge < -0.3 is 42.8 Å². The first kappa shape index (κ1) is 73.1. The van der Waals surface area contributed by atoms with Gasteiger partial charge in [0.05, 0.1) is 19.2 Å². The number of carbonyl (C=O) groups excluding carboxylic acids is 7. The van der Waals surface area contributed by atoms with Gasteiger partial charge in [-0.1, -0.05) is 122 Å². The van der Waals surface area contributed by atoms with Crippen LogP contribution in [0.5, 0.6) is 0 Å². The average molecular weight is 1240 g/mol. The van der Waals surface area contributed by atoms with Gasteiger partial charge in [-0.3, -0.25) is 44.1 Å². The summed E-state index contributed by atoms with van der Waals surface area (Å²) in [5, 5.41) is 25.5. The van der Waals surface area contributed by atoms with E-state index in [1.54, 1.807) is 106 Å². The van der Waals surface area contributed by atoms with Crippen molar-refractivity contribution in [3.63, 3.8) is 0 Å². The number of hydrogen-bond donors (Lipinski definition) is 11. The second-order valence-electron chi connectivity index (χ2n) is 20.5. The third kappa shape index (κ3) is 23.3. The van der Waals surface area contributed by atoms with Gasteiger partial charge in [0.25, 0.3) is 35.4 Å². The number of amides is 7. The first-order valence-corrected chi connectivity index (χ1v) is 28.5. The van der Waals surface area contributed by atoms with E-state index >= 15 is 0 Å². The summed E-state index contributed by atoms with van der Waals surface area (Å²) in [6.07, 6.45) is 9.96. The van der Waals surface area contributed by atoms with Crippen molar-refractivity contribution in [2.75, 3.05) is 46.4 Å². The van der Waals surface area contributed by atoms with Crippen LogP contribution in [0.1, 0.15) is 109 Å². The Kier molecular flexibility index (Phi) is 30.3. The molecule has 474 valence electrons. The van der Waals surface area contributed by atoms with E-state index in [1.807, 2.05) is 18.2 Å². The van der Waals surface area contributed by atoms with Gasteiger partial charge in [0.15, 0.2) is 0 Å². The highest BCUT2D eigenvalue weighted by molar-refractivity contribution is 5.99. The van der Waals surface area contributed by atoms with Gasteiger partial charge in [-0.2, -0.15) is 0 Å². The molecule has 2 atom stereocenters. The Balaban J connectivity index is 0.000000295. The van der Waals surface area contributed by atoms with Crippen molar-refractivity contribution < 1.29 is 48.3 Å². The summed E-state index contributed by atoms with van der Waals surface area (Å²) in [5.41, 5.74) is 21.0. The molecule has 0 unspecified atom stereocenters. The van der Waals surface area contributed by atoms with Crippen LogP contribution in [0.3, 0.4) is 0 Å². The molecule has 0 fully saturated rings. The van der Waals surface area contributed by atoms with Crippen LogP contribution in [0.2, 0.25) is 0 Å². The average Bonchev–Trinajstić information content (AvgIpc) is 0.780. The Hall–Kier alpha value is -11.3. The lowest BCUT2D eigenvalue weighted by atomic mass is 9.77. The molecule has 7 aromatic rings. The zero-order valence-corrected chi connectivity index (χ0v) is 50.7. The van der Waals surface area contributed by atoms with Crippen LogP contribution in [0, 0.1) is 48.4 Å². The fourth-order valence-corrected chi connectivity index (χ4v) is 8.41. The van der Waals surface area contributed by atoms with Gasteiger partial charge in [0.1, 0.15) is 17.7 Å². The molecule has 0 spiro atoms. The zero-order chi connectivity index (χ0) is 66.0. The largest absolute Gasteiger partial charge is 0.444 e. The Labute approximate surface area is 537 Å². The third-order valence-electron chi connectivity index (χ3n) is 12.9. The molecule has 0 saturated heterocycles. The molecule has 0 bridgehead atoms. The maximum atomic E-state index is 12.6. The Morgan fingerprint density at radius 1 is 0.500 bits per heavy atom. The van der Waals surface area contributed by atoms with E-state index in [4.69, 9.17) is 34.3 Å². The number of terminal acetylenes is 2. The van der Waals surface area contributed by atoms with Gasteiger partial charge in [-0.15, -0.1) is 12.8 Å². The van der Waals surface area contributed by atoms with E-state index in [0.717, 1.165) is 22.3 Å². The third-order valence-corrected chi connectivity index (χ3v) is 12.9. The number of rotatable bonds is 21. The Morgan fingerprint density at radius 3 is 1.24 bits per heavy atom. The molecule has 0 aliphatic rings. The van der Waals surface area contributed by atoms with E-state index in [0.29, 0.717) is 65.1 Å². The molecule has 0 aromatic heterocycles. The first-order chi connectivity index (χ1) is 43.9. The highest BCUT2D eigenvalue weighted by atomic mass is 16.6. The number of ether oxygens (including phenoxy) is 1. The van der Waals surface area contributed by atoms with Crippen LogP contribution < -0.4 is 54.3 Å². The van der Waals surface area contributed by atoms with E-state index < -0.39 is 52.9 Å². The number of benzene rings is 7. The van der Waals surface area contributed by atoms with Crippen LogP contribution >= 0.6 is 0 Å². The maximum absolute atomic E-state index is 12.6. The number of nitrogens with two attached hydrogens (primary N) is 2.